The van der Waals surface area contributed by atoms with Gasteiger partial charge in [-0.2, -0.15) is 0 Å². The fourth-order valence-electron chi connectivity index (χ4n) is 1.10. The van der Waals surface area contributed by atoms with E-state index in [1.54, 1.807) is 0 Å². The minimum absolute atomic E-state index is 0.190. The number of nitrogens with zero attached hydrogens (tertiary/aromatic N) is 1. The molecule has 1 amide bonds. The maximum absolute atomic E-state index is 11.8. The first-order valence-corrected chi connectivity index (χ1v) is 5.80. The van der Waals surface area contributed by atoms with E-state index in [4.69, 9.17) is 39.2 Å². The first kappa shape index (κ1) is 12.7. The van der Waals surface area contributed by atoms with Crippen LogP contribution in [0.3, 0.4) is 0 Å². The van der Waals surface area contributed by atoms with Gasteiger partial charge in [-0.05, 0) is 23.7 Å². The molecular weight excluding hydrogens is 260 g/mol. The monoisotopic (exact) mass is 269 g/mol. The summed E-state index contributed by atoms with van der Waals surface area (Å²) in [4.78, 5) is 13.3. The summed E-state index contributed by atoms with van der Waals surface area (Å²) < 4.78 is 5.01. The Morgan fingerprint density at radius 1 is 1.27 bits per heavy atom. The fourth-order valence-corrected chi connectivity index (χ4v) is 1.66. The molecule has 1 aromatic rings. The number of carbonyl (C=O) groups is 1. The Morgan fingerprint density at radius 2 is 1.87 bits per heavy atom. The lowest BCUT2D eigenvalue weighted by molar-refractivity contribution is 0.0743. The van der Waals surface area contributed by atoms with Crippen LogP contribution in [0.15, 0.2) is 16.5 Å². The van der Waals surface area contributed by atoms with Crippen molar-refractivity contribution in [1.82, 2.24) is 4.90 Å². The number of alkyl halides is 2. The maximum Gasteiger partial charge on any atom is 0.289 e. The Balaban J connectivity index is 2.71. The molecule has 3 nitrogen and oxygen atoms in total. The van der Waals surface area contributed by atoms with Gasteiger partial charge < -0.3 is 9.32 Å². The van der Waals surface area contributed by atoms with Crippen molar-refractivity contribution in [2.24, 2.45) is 0 Å². The lowest BCUT2D eigenvalue weighted by Gasteiger charge is -2.18. The summed E-state index contributed by atoms with van der Waals surface area (Å²) in [5.41, 5.74) is 0. The largest absolute Gasteiger partial charge is 0.440 e. The summed E-state index contributed by atoms with van der Waals surface area (Å²) in [7, 11) is 0. The van der Waals surface area contributed by atoms with Crippen LogP contribution < -0.4 is 0 Å². The summed E-state index contributed by atoms with van der Waals surface area (Å²) in [6, 6.07) is 3.05. The van der Waals surface area contributed by atoms with E-state index in [0.717, 1.165) is 0 Å². The normalized spacial score (nSPS) is 10.3. The first-order valence-electron chi connectivity index (χ1n) is 4.35. The third-order valence-electron chi connectivity index (χ3n) is 1.78. The van der Waals surface area contributed by atoms with Crippen LogP contribution in [-0.2, 0) is 0 Å². The molecule has 15 heavy (non-hydrogen) atoms. The van der Waals surface area contributed by atoms with Crippen molar-refractivity contribution in [3.8, 4) is 0 Å². The summed E-state index contributed by atoms with van der Waals surface area (Å²) >= 11 is 16.7. The second-order valence-corrected chi connectivity index (χ2v) is 3.90. The molecule has 0 unspecified atom stereocenters. The smallest absolute Gasteiger partial charge is 0.289 e. The Morgan fingerprint density at radius 3 is 2.27 bits per heavy atom. The molecule has 0 radical (unpaired) electrons. The highest BCUT2D eigenvalue weighted by Crippen LogP contribution is 2.15. The van der Waals surface area contributed by atoms with Crippen LogP contribution in [0, 0.1) is 0 Å². The molecule has 0 atom stereocenters. The van der Waals surface area contributed by atoms with E-state index in [-0.39, 0.29) is 16.9 Å². The van der Waals surface area contributed by atoms with Crippen LogP contribution in [0.2, 0.25) is 5.22 Å². The molecule has 1 rings (SSSR count). The van der Waals surface area contributed by atoms with Gasteiger partial charge in [0.2, 0.25) is 0 Å². The number of halogens is 3. The molecule has 6 heteroatoms. The number of hydrogen-bond donors (Lipinski definition) is 0. The summed E-state index contributed by atoms with van der Waals surface area (Å²) in [6.45, 7) is 0.872. The molecule has 0 spiro atoms. The number of furan rings is 1. The van der Waals surface area contributed by atoms with E-state index >= 15 is 0 Å². The van der Waals surface area contributed by atoms with Gasteiger partial charge >= 0.3 is 0 Å². The fraction of sp³-hybridized carbons (Fsp3) is 0.444. The van der Waals surface area contributed by atoms with Gasteiger partial charge in [0.05, 0.1) is 0 Å². The maximum atomic E-state index is 11.8. The minimum Gasteiger partial charge on any atom is -0.440 e. The predicted octanol–water partition coefficient (Wildman–Crippen LogP) is 2.85. The molecule has 84 valence electrons. The van der Waals surface area contributed by atoms with E-state index in [1.165, 1.54) is 17.0 Å². The lowest BCUT2D eigenvalue weighted by Crippen LogP contribution is -2.34. The second-order valence-electron chi connectivity index (χ2n) is 2.77. The van der Waals surface area contributed by atoms with Gasteiger partial charge in [0.1, 0.15) is 0 Å². The van der Waals surface area contributed by atoms with Crippen LogP contribution in [0.5, 0.6) is 0 Å². The molecule has 0 aliphatic carbocycles. The Kier molecular flexibility index (Phi) is 5.29. The zero-order chi connectivity index (χ0) is 11.3. The van der Waals surface area contributed by atoms with Crippen LogP contribution in [-0.4, -0.2) is 35.7 Å². The zero-order valence-electron chi connectivity index (χ0n) is 7.88. The number of rotatable bonds is 5. The lowest BCUT2D eigenvalue weighted by atomic mass is 10.3. The highest BCUT2D eigenvalue weighted by molar-refractivity contribution is 6.29. The molecule has 0 bridgehead atoms. The van der Waals surface area contributed by atoms with Gasteiger partial charge in [-0.1, -0.05) is 0 Å². The molecule has 0 N–H and O–H groups in total. The number of hydrogen-bond acceptors (Lipinski definition) is 2. The topological polar surface area (TPSA) is 33.5 Å². The van der Waals surface area contributed by atoms with Crippen molar-refractivity contribution in [3.63, 3.8) is 0 Å². The average molecular weight is 271 g/mol. The summed E-state index contributed by atoms with van der Waals surface area (Å²) in [5.74, 6) is 0.673. The molecular formula is C9H10Cl3NO2. The molecule has 0 saturated heterocycles. The minimum atomic E-state index is -0.247. The third kappa shape index (κ3) is 3.59. The standard InChI is InChI=1S/C9H10Cl3NO2/c10-3-5-13(6-4-11)9(14)7-1-2-8(12)15-7/h1-2H,3-6H2. The molecule has 0 aliphatic heterocycles. The van der Waals surface area contributed by atoms with Gasteiger partial charge in [0.25, 0.3) is 5.91 Å². The van der Waals surface area contributed by atoms with Crippen LogP contribution in [0.1, 0.15) is 10.6 Å². The molecule has 1 heterocycles. The molecule has 0 aromatic carbocycles. The van der Waals surface area contributed by atoms with Gasteiger partial charge in [-0.25, -0.2) is 0 Å². The van der Waals surface area contributed by atoms with E-state index in [1.807, 2.05) is 0 Å². The Bertz CT molecular complexity index is 321. The average Bonchev–Trinajstić information content (AvgIpc) is 2.63. The van der Waals surface area contributed by atoms with E-state index in [2.05, 4.69) is 0 Å². The molecule has 1 aromatic heterocycles. The molecule has 0 aliphatic rings. The second kappa shape index (κ2) is 6.26. The van der Waals surface area contributed by atoms with Gasteiger partial charge in [0.15, 0.2) is 11.0 Å². The van der Waals surface area contributed by atoms with Crippen molar-refractivity contribution in [3.05, 3.63) is 23.1 Å². The molecule has 0 saturated carbocycles. The SMILES string of the molecule is O=C(c1ccc(Cl)o1)N(CCCl)CCCl. The predicted molar refractivity (Wildman–Crippen MR) is 61.1 cm³/mol. The van der Waals surface area contributed by atoms with E-state index < -0.39 is 0 Å². The number of carbonyl (C=O) groups excluding carboxylic acids is 1. The van der Waals surface area contributed by atoms with E-state index in [0.29, 0.717) is 24.8 Å². The van der Waals surface area contributed by atoms with Crippen LogP contribution >= 0.6 is 34.8 Å². The number of amides is 1. The molecule has 0 fully saturated rings. The third-order valence-corrected chi connectivity index (χ3v) is 2.32. The van der Waals surface area contributed by atoms with Crippen molar-refractivity contribution >= 4 is 40.7 Å². The summed E-state index contributed by atoms with van der Waals surface area (Å²) in [6.07, 6.45) is 0. The quantitative estimate of drug-likeness (QED) is 0.771. The van der Waals surface area contributed by atoms with E-state index in [9.17, 15) is 4.79 Å². The Labute approximate surface area is 103 Å². The van der Waals surface area contributed by atoms with Gasteiger partial charge in [0, 0.05) is 24.8 Å². The highest BCUT2D eigenvalue weighted by atomic mass is 35.5. The zero-order valence-corrected chi connectivity index (χ0v) is 10.1. The van der Waals surface area contributed by atoms with Crippen LogP contribution in [0.25, 0.3) is 0 Å². The van der Waals surface area contributed by atoms with Crippen LogP contribution in [0.4, 0.5) is 0 Å². The highest BCUT2D eigenvalue weighted by Gasteiger charge is 2.17. The van der Waals surface area contributed by atoms with Crippen molar-refractivity contribution in [2.45, 2.75) is 0 Å². The Hall–Kier alpha value is -0.380. The van der Waals surface area contributed by atoms with Crippen molar-refractivity contribution < 1.29 is 9.21 Å². The first-order chi connectivity index (χ1) is 7.19. The van der Waals surface area contributed by atoms with Crippen molar-refractivity contribution in [2.75, 3.05) is 24.8 Å². The van der Waals surface area contributed by atoms with Crippen molar-refractivity contribution in [1.29, 1.82) is 0 Å². The summed E-state index contributed by atoms with van der Waals surface area (Å²) in [5, 5.41) is 0.190. The van der Waals surface area contributed by atoms with Gasteiger partial charge in [-0.3, -0.25) is 4.79 Å². The van der Waals surface area contributed by atoms with Gasteiger partial charge in [-0.15, -0.1) is 23.2 Å².